The van der Waals surface area contributed by atoms with Gasteiger partial charge in [0.05, 0.1) is 33.4 Å². The standard InChI is InChI=1S/C66H37B3N4O2S2/c1-3-19-38(20-4-1)72-52-37-53-59-61-63-47(45-28-12-18-34-57(45)77-68(63)73(53)39-21-5-2-6-22-39)36-55(71-50-31-15-9-25-42(50)43-26-10-16-32-51(43)71)66(61)75-69-64(59)58(52)60-62-46(44-27-11-17-33-56(44)76-67(62)72)35-54(65(60)74-69)70-48-29-13-7-23-40(48)41-24-8-14-30-49(41)70/h1-37H. The predicted molar refractivity (Wildman–Crippen MR) is 323 cm³/mol. The van der Waals surface area contributed by atoms with E-state index in [4.69, 9.17) is 9.31 Å². The summed E-state index contributed by atoms with van der Waals surface area (Å²) in [5.41, 5.74) is 24.3. The lowest BCUT2D eigenvalue weighted by Crippen LogP contribution is -2.59. The number of rotatable bonds is 4. The first-order valence-corrected chi connectivity index (χ1v) is 28.2. The fourth-order valence-electron chi connectivity index (χ4n) is 14.2. The topological polar surface area (TPSA) is 34.8 Å². The van der Waals surface area contributed by atoms with Crippen LogP contribution in [0.5, 0.6) is 11.5 Å². The Morgan fingerprint density at radius 1 is 0.312 bits per heavy atom. The van der Waals surface area contributed by atoms with E-state index < -0.39 is 7.12 Å². The van der Waals surface area contributed by atoms with Crippen LogP contribution in [0, 0.1) is 0 Å². The van der Waals surface area contributed by atoms with Crippen molar-refractivity contribution < 1.29 is 9.31 Å². The van der Waals surface area contributed by atoms with Crippen LogP contribution in [0.25, 0.3) is 99.5 Å². The van der Waals surface area contributed by atoms with E-state index in [-0.39, 0.29) is 12.3 Å². The van der Waals surface area contributed by atoms with Gasteiger partial charge in [0.2, 0.25) is 0 Å². The van der Waals surface area contributed by atoms with Crippen molar-refractivity contribution in [2.24, 2.45) is 0 Å². The Kier molecular flexibility index (Phi) is 8.03. The minimum Gasteiger partial charge on any atom is -0.520 e. The molecule has 2 aromatic heterocycles. The molecule has 0 unspecified atom stereocenters. The zero-order valence-corrected chi connectivity index (χ0v) is 42.6. The number of hydrogen-bond donors (Lipinski definition) is 0. The Bertz CT molecular complexity index is 4420. The lowest BCUT2D eigenvalue weighted by Gasteiger charge is -2.49. The van der Waals surface area contributed by atoms with Crippen LogP contribution in [0.3, 0.4) is 0 Å². The quantitative estimate of drug-likeness (QED) is 0.164. The average molecular weight is 1010 g/mol. The van der Waals surface area contributed by atoms with Crippen molar-refractivity contribution in [3.05, 3.63) is 224 Å². The van der Waals surface area contributed by atoms with Crippen molar-refractivity contribution in [2.75, 3.05) is 9.62 Å². The van der Waals surface area contributed by atoms with Gasteiger partial charge in [-0.3, -0.25) is 0 Å². The zero-order chi connectivity index (χ0) is 49.8. The highest BCUT2D eigenvalue weighted by Gasteiger charge is 2.56. The summed E-state index contributed by atoms with van der Waals surface area (Å²) in [5.74, 6) is 1.68. The molecule has 354 valence electrons. The minimum absolute atomic E-state index is 0.119. The fraction of sp³-hybridized carbons (Fsp3) is 0. The van der Waals surface area contributed by atoms with Gasteiger partial charge in [0.1, 0.15) is 11.5 Å². The Labute approximate surface area is 452 Å². The lowest BCUT2D eigenvalue weighted by atomic mass is 9.55. The van der Waals surface area contributed by atoms with Gasteiger partial charge in [-0.15, -0.1) is 23.2 Å². The normalized spacial score (nSPS) is 14.5. The molecule has 0 amide bonds. The van der Waals surface area contributed by atoms with E-state index in [1.54, 1.807) is 0 Å². The summed E-state index contributed by atoms with van der Waals surface area (Å²) >= 11 is 3.87. The van der Waals surface area contributed by atoms with Gasteiger partial charge in [-0.05, 0) is 112 Å². The van der Waals surface area contributed by atoms with Crippen molar-refractivity contribution in [2.45, 2.75) is 9.79 Å². The molecular formula is C66H37B3N4O2S2. The number of hydrogen-bond acceptors (Lipinski definition) is 6. The van der Waals surface area contributed by atoms with Crippen LogP contribution >= 0.6 is 23.2 Å². The Hall–Kier alpha value is -8.89. The molecule has 6 aliphatic rings. The molecule has 11 aromatic carbocycles. The van der Waals surface area contributed by atoms with E-state index in [0.717, 1.165) is 84.3 Å². The molecule has 0 saturated heterocycles. The average Bonchev–Trinajstić information content (AvgIpc) is 4.02. The molecule has 0 radical (unpaired) electrons. The van der Waals surface area contributed by atoms with Crippen LogP contribution < -0.4 is 35.3 Å². The first kappa shape index (κ1) is 41.4. The van der Waals surface area contributed by atoms with Gasteiger partial charge in [0.25, 0.3) is 0 Å². The second-order valence-corrected chi connectivity index (χ2v) is 23.1. The first-order valence-electron chi connectivity index (χ1n) is 26.4. The third-order valence-corrected chi connectivity index (χ3v) is 19.7. The largest absolute Gasteiger partial charge is 0.634 e. The van der Waals surface area contributed by atoms with Crippen molar-refractivity contribution in [1.82, 2.24) is 9.13 Å². The second-order valence-electron chi connectivity index (χ2n) is 20.9. The maximum atomic E-state index is 7.98. The first-order chi connectivity index (χ1) is 38.2. The third-order valence-electron chi connectivity index (χ3n) is 17.1. The van der Waals surface area contributed by atoms with E-state index in [0.29, 0.717) is 0 Å². The van der Waals surface area contributed by atoms with Gasteiger partial charge >= 0.3 is 19.4 Å². The molecule has 0 fully saturated rings. The van der Waals surface area contributed by atoms with E-state index in [9.17, 15) is 0 Å². The number of para-hydroxylation sites is 6. The van der Waals surface area contributed by atoms with Crippen LogP contribution in [0.1, 0.15) is 0 Å². The molecule has 0 saturated carbocycles. The van der Waals surface area contributed by atoms with Crippen LogP contribution in [0.2, 0.25) is 0 Å². The number of nitrogens with zero attached hydrogens (tertiary/aromatic N) is 4. The molecule has 6 aliphatic heterocycles. The van der Waals surface area contributed by atoms with Gasteiger partial charge in [0.15, 0.2) is 0 Å². The highest BCUT2D eigenvalue weighted by Crippen LogP contribution is 2.61. The molecule has 0 bridgehead atoms. The van der Waals surface area contributed by atoms with Gasteiger partial charge in [-0.25, -0.2) is 0 Å². The van der Waals surface area contributed by atoms with Crippen LogP contribution in [0.4, 0.5) is 22.7 Å². The van der Waals surface area contributed by atoms with Crippen molar-refractivity contribution in [3.63, 3.8) is 0 Å². The summed E-state index contributed by atoms with van der Waals surface area (Å²) in [6, 6.07) is 82.8. The van der Waals surface area contributed by atoms with E-state index in [1.807, 2.05) is 23.2 Å². The highest BCUT2D eigenvalue weighted by molar-refractivity contribution is 8.27. The molecule has 0 aliphatic carbocycles. The maximum Gasteiger partial charge on any atom is 0.634 e. The molecule has 19 rings (SSSR count). The maximum absolute atomic E-state index is 7.98. The van der Waals surface area contributed by atoms with Crippen LogP contribution in [0.15, 0.2) is 234 Å². The fourth-order valence-corrected chi connectivity index (χ4v) is 17.0. The Balaban J connectivity index is 1.01. The van der Waals surface area contributed by atoms with Crippen LogP contribution in [-0.4, -0.2) is 28.5 Å². The van der Waals surface area contributed by atoms with Crippen molar-refractivity contribution in [3.8, 4) is 67.4 Å². The van der Waals surface area contributed by atoms with Crippen molar-refractivity contribution >= 4 is 125 Å². The minimum atomic E-state index is -0.816. The molecular weight excluding hydrogens is 977 g/mol. The summed E-state index contributed by atoms with van der Waals surface area (Å²) in [6.45, 7) is 0. The number of aromatic nitrogens is 2. The molecule has 11 heteroatoms. The van der Waals surface area contributed by atoms with Crippen LogP contribution in [-0.2, 0) is 0 Å². The zero-order valence-electron chi connectivity index (χ0n) is 41.0. The second kappa shape index (κ2) is 14.9. The molecule has 0 atom stereocenters. The number of fused-ring (bicyclic) bond motifs is 10. The predicted octanol–water partition coefficient (Wildman–Crippen LogP) is 14.9. The van der Waals surface area contributed by atoms with E-state index in [1.165, 1.54) is 75.6 Å². The highest BCUT2D eigenvalue weighted by atomic mass is 32.2. The SMILES string of the molecule is c1ccc(N2B3Sc4ccccc4-c4cc(-n5c6ccccc6c6ccccc65)c5c(c43)-c3c2cc2c4c3B(O5)Oc3c(-n5c6ccccc6c6ccccc65)cc5c(c3-4)B(Sc3ccccc3-5)N2c2ccccc2)cc1. The monoisotopic (exact) mass is 1010 g/mol. The summed E-state index contributed by atoms with van der Waals surface area (Å²) in [6.07, 6.45) is -0.238. The van der Waals surface area contributed by atoms with E-state index in [2.05, 4.69) is 243 Å². The van der Waals surface area contributed by atoms with Gasteiger partial charge in [0, 0.05) is 81.8 Å². The number of anilines is 4. The molecule has 0 spiro atoms. The Morgan fingerprint density at radius 3 is 1.09 bits per heavy atom. The third kappa shape index (κ3) is 5.24. The smallest absolute Gasteiger partial charge is 0.520 e. The summed E-state index contributed by atoms with van der Waals surface area (Å²) in [4.78, 5) is 7.77. The molecule has 77 heavy (non-hydrogen) atoms. The molecule has 8 heterocycles. The molecule has 13 aromatic rings. The lowest BCUT2D eigenvalue weighted by molar-refractivity contribution is 0.434. The van der Waals surface area contributed by atoms with E-state index >= 15 is 0 Å². The Morgan fingerprint density at radius 2 is 0.675 bits per heavy atom. The molecule has 0 N–H and O–H groups in total. The summed E-state index contributed by atoms with van der Waals surface area (Å²) < 4.78 is 20.9. The van der Waals surface area contributed by atoms with Gasteiger partial charge in [-0.2, -0.15) is 0 Å². The van der Waals surface area contributed by atoms with Crippen molar-refractivity contribution in [1.29, 1.82) is 0 Å². The summed E-state index contributed by atoms with van der Waals surface area (Å²) in [5, 5.41) is 4.82. The number of benzene rings is 11. The summed E-state index contributed by atoms with van der Waals surface area (Å²) in [7, 11) is -0.816. The van der Waals surface area contributed by atoms with Gasteiger partial charge in [-0.1, -0.05) is 146 Å². The molecule has 6 nitrogen and oxygen atoms in total. The van der Waals surface area contributed by atoms with Gasteiger partial charge < -0.3 is 28.1 Å².